The van der Waals surface area contributed by atoms with Gasteiger partial charge in [0.05, 0.1) is 32.5 Å². The van der Waals surface area contributed by atoms with Gasteiger partial charge in [-0.3, -0.25) is 4.99 Å². The standard InChI is InChI=1S/C7H11NOSi2/c1-6(8-4-10)3-7(2)9-5-11/h3H,4-5H2,1-2H3/b7-3-,8-6+. The van der Waals surface area contributed by atoms with E-state index in [1.807, 2.05) is 19.9 Å². The molecule has 0 rings (SSSR count). The van der Waals surface area contributed by atoms with Crippen LogP contribution in [-0.2, 0) is 4.74 Å². The summed E-state index contributed by atoms with van der Waals surface area (Å²) < 4.78 is 5.14. The molecule has 0 aliphatic heterocycles. The Morgan fingerprint density at radius 2 is 2.09 bits per heavy atom. The van der Waals surface area contributed by atoms with Gasteiger partial charge in [0.2, 0.25) is 0 Å². The Balaban J connectivity index is 3.96. The van der Waals surface area contributed by atoms with Crippen molar-refractivity contribution < 1.29 is 4.74 Å². The summed E-state index contributed by atoms with van der Waals surface area (Å²) in [6.07, 6.45) is 3.03. The fraction of sp³-hybridized carbons (Fsp3) is 0.571. The third kappa shape index (κ3) is 6.06. The zero-order chi connectivity index (χ0) is 8.69. The first-order valence-corrected chi connectivity index (χ1v) is 4.73. The Hall–Kier alpha value is -0.356. The van der Waals surface area contributed by atoms with E-state index in [2.05, 4.69) is 25.5 Å². The van der Waals surface area contributed by atoms with Crippen molar-refractivity contribution >= 4 is 26.2 Å². The number of hydrogen-bond acceptors (Lipinski definition) is 2. The minimum Gasteiger partial charge on any atom is -0.503 e. The van der Waals surface area contributed by atoms with E-state index in [0.717, 1.165) is 11.5 Å². The second-order valence-corrected chi connectivity index (χ2v) is 2.61. The van der Waals surface area contributed by atoms with Gasteiger partial charge in [-0.15, -0.1) is 0 Å². The maximum Gasteiger partial charge on any atom is 0.0941 e. The third-order valence-corrected chi connectivity index (χ3v) is 1.34. The lowest BCUT2D eigenvalue weighted by Gasteiger charge is -2.01. The molecule has 0 heterocycles. The fourth-order valence-electron chi connectivity index (χ4n) is 0.620. The molecule has 0 atom stereocenters. The van der Waals surface area contributed by atoms with Crippen LogP contribution < -0.4 is 0 Å². The Morgan fingerprint density at radius 3 is 2.55 bits per heavy atom. The molecule has 0 amide bonds. The van der Waals surface area contributed by atoms with Crippen molar-refractivity contribution in [1.29, 1.82) is 0 Å². The average molecular weight is 181 g/mol. The van der Waals surface area contributed by atoms with Gasteiger partial charge in [0.15, 0.2) is 0 Å². The number of ether oxygens (including phenoxy) is 1. The van der Waals surface area contributed by atoms with Crippen molar-refractivity contribution in [3.8, 4) is 0 Å². The van der Waals surface area contributed by atoms with Crippen LogP contribution in [0.1, 0.15) is 13.8 Å². The number of hydrogen-bond donors (Lipinski definition) is 0. The SMILES string of the molecule is C/C(=C/C(C)=N/C[Si])OC[Si]. The van der Waals surface area contributed by atoms with E-state index < -0.39 is 0 Å². The van der Waals surface area contributed by atoms with Crippen LogP contribution in [0.5, 0.6) is 0 Å². The van der Waals surface area contributed by atoms with E-state index >= 15 is 0 Å². The third-order valence-electron chi connectivity index (χ3n) is 1.04. The van der Waals surface area contributed by atoms with E-state index in [0.29, 0.717) is 12.4 Å². The molecule has 0 aliphatic rings. The van der Waals surface area contributed by atoms with Gasteiger partial charge in [0, 0.05) is 11.9 Å². The molecule has 0 saturated carbocycles. The fourth-order valence-corrected chi connectivity index (χ4v) is 1.10. The molecule has 0 N–H and O–H groups in total. The van der Waals surface area contributed by atoms with Crippen molar-refractivity contribution in [2.45, 2.75) is 13.8 Å². The van der Waals surface area contributed by atoms with Crippen molar-refractivity contribution in [1.82, 2.24) is 0 Å². The highest BCUT2D eigenvalue weighted by atomic mass is 28.1. The average Bonchev–Trinajstić information content (AvgIpc) is 1.87. The molecule has 0 bridgehead atoms. The summed E-state index contributed by atoms with van der Waals surface area (Å²) in [7, 11) is 6.47. The van der Waals surface area contributed by atoms with E-state index in [4.69, 9.17) is 4.74 Å². The second-order valence-electron chi connectivity index (χ2n) is 2.00. The van der Waals surface area contributed by atoms with E-state index in [9.17, 15) is 0 Å². The van der Waals surface area contributed by atoms with Crippen LogP contribution in [0, 0.1) is 0 Å². The normalized spacial score (nSPS) is 13.5. The highest BCUT2D eigenvalue weighted by molar-refractivity contribution is 6.10. The highest BCUT2D eigenvalue weighted by Gasteiger charge is 1.88. The minimum atomic E-state index is 0.517. The van der Waals surface area contributed by atoms with Crippen molar-refractivity contribution in [3.63, 3.8) is 0 Å². The summed E-state index contributed by atoms with van der Waals surface area (Å²) >= 11 is 0. The molecule has 11 heavy (non-hydrogen) atoms. The van der Waals surface area contributed by atoms with Crippen LogP contribution in [0.4, 0.5) is 0 Å². The van der Waals surface area contributed by atoms with E-state index in [1.165, 1.54) is 0 Å². The smallest absolute Gasteiger partial charge is 0.0941 e. The summed E-state index contributed by atoms with van der Waals surface area (Å²) in [6.45, 7) is 3.83. The van der Waals surface area contributed by atoms with Crippen molar-refractivity contribution in [3.05, 3.63) is 11.8 Å². The lowest BCUT2D eigenvalue weighted by molar-refractivity contribution is 0.270. The number of rotatable bonds is 4. The summed E-state index contributed by atoms with van der Waals surface area (Å²) in [5, 5.41) is 0. The molecule has 0 aromatic heterocycles. The van der Waals surface area contributed by atoms with Crippen LogP contribution in [0.3, 0.4) is 0 Å². The zero-order valence-electron chi connectivity index (χ0n) is 6.85. The summed E-state index contributed by atoms with van der Waals surface area (Å²) in [4.78, 5) is 4.10. The van der Waals surface area contributed by atoms with Gasteiger partial charge in [-0.2, -0.15) is 0 Å². The lowest BCUT2D eigenvalue weighted by Crippen LogP contribution is -1.95. The van der Waals surface area contributed by atoms with Crippen molar-refractivity contribution in [2.24, 2.45) is 4.99 Å². The van der Waals surface area contributed by atoms with Crippen LogP contribution in [0.2, 0.25) is 0 Å². The molecule has 0 aromatic rings. The molecular weight excluding hydrogens is 170 g/mol. The molecule has 4 heteroatoms. The zero-order valence-corrected chi connectivity index (χ0v) is 8.85. The number of nitrogens with zero attached hydrogens (tertiary/aromatic N) is 1. The summed E-state index contributed by atoms with van der Waals surface area (Å²) in [5.41, 5.74) is 0.956. The number of allylic oxidation sites excluding steroid dienone is 2. The maximum absolute atomic E-state index is 5.14. The lowest BCUT2D eigenvalue weighted by atomic mass is 10.3. The quantitative estimate of drug-likeness (QED) is 0.354. The predicted molar refractivity (Wildman–Crippen MR) is 49.2 cm³/mol. The maximum atomic E-state index is 5.14. The number of aliphatic imine (C=N–C) groups is 1. The monoisotopic (exact) mass is 181 g/mol. The minimum absolute atomic E-state index is 0.517. The molecule has 0 fully saturated rings. The molecule has 58 valence electrons. The second kappa shape index (κ2) is 6.36. The first-order valence-electron chi connectivity index (χ1n) is 3.32. The molecular formula is C7H11NOSi2. The molecule has 0 aromatic carbocycles. The van der Waals surface area contributed by atoms with E-state index in [-0.39, 0.29) is 0 Å². The summed E-state index contributed by atoms with van der Waals surface area (Å²) in [6, 6.07) is 0. The first kappa shape index (κ1) is 10.6. The van der Waals surface area contributed by atoms with Crippen LogP contribution in [-0.4, -0.2) is 38.6 Å². The van der Waals surface area contributed by atoms with Gasteiger partial charge in [-0.25, -0.2) is 0 Å². The van der Waals surface area contributed by atoms with Gasteiger partial charge in [0.25, 0.3) is 0 Å². The largest absolute Gasteiger partial charge is 0.503 e. The van der Waals surface area contributed by atoms with Gasteiger partial charge in [-0.1, -0.05) is 0 Å². The molecule has 2 nitrogen and oxygen atoms in total. The van der Waals surface area contributed by atoms with Crippen LogP contribution >= 0.6 is 0 Å². The highest BCUT2D eigenvalue weighted by Crippen LogP contribution is 1.94. The molecule has 0 aliphatic carbocycles. The molecule has 0 unspecified atom stereocenters. The topological polar surface area (TPSA) is 21.6 Å². The molecule has 6 radical (unpaired) electrons. The van der Waals surface area contributed by atoms with Gasteiger partial charge < -0.3 is 4.74 Å². The first-order chi connectivity index (χ1) is 5.20. The van der Waals surface area contributed by atoms with E-state index in [1.54, 1.807) is 0 Å². The Labute approximate surface area is 74.6 Å². The van der Waals surface area contributed by atoms with Gasteiger partial charge in [0.1, 0.15) is 0 Å². The predicted octanol–water partition coefficient (Wildman–Crippen LogP) is 0.620. The Bertz CT molecular complexity index is 166. The van der Waals surface area contributed by atoms with Gasteiger partial charge in [-0.05, 0) is 19.9 Å². The Morgan fingerprint density at radius 1 is 1.45 bits per heavy atom. The van der Waals surface area contributed by atoms with Gasteiger partial charge >= 0.3 is 0 Å². The summed E-state index contributed by atoms with van der Waals surface area (Å²) in [5.74, 6) is 0.862. The van der Waals surface area contributed by atoms with Crippen LogP contribution in [0.15, 0.2) is 16.8 Å². The Kier molecular flexibility index (Phi) is 6.15. The molecule has 0 saturated heterocycles. The molecule has 0 spiro atoms. The van der Waals surface area contributed by atoms with Crippen LogP contribution in [0.25, 0.3) is 0 Å². The van der Waals surface area contributed by atoms with Crippen molar-refractivity contribution in [2.75, 3.05) is 12.4 Å².